The number of rotatable bonds is 4. The average molecular weight is 358 g/mol. The van der Waals surface area contributed by atoms with Crippen LogP contribution in [0, 0.1) is 0 Å². The maximum atomic E-state index is 12.8. The molecule has 2 aromatic rings. The standard InChI is InChI=1S/C16H11ClF3NO3/c1-23-14-7-6-11(17)8-12(14)15(22)24-21-9-10-4-2-3-5-13(10)16(18,19)20/h2-9H,1H3/b21-9+. The molecule has 0 saturated carbocycles. The summed E-state index contributed by atoms with van der Waals surface area (Å²) in [6.07, 6.45) is -3.72. The lowest BCUT2D eigenvalue weighted by Gasteiger charge is -2.09. The topological polar surface area (TPSA) is 47.9 Å². The zero-order valence-corrected chi connectivity index (χ0v) is 13.1. The second-order valence-corrected chi connectivity index (χ2v) is 4.98. The zero-order chi connectivity index (χ0) is 17.7. The zero-order valence-electron chi connectivity index (χ0n) is 12.3. The molecule has 0 radical (unpaired) electrons. The summed E-state index contributed by atoms with van der Waals surface area (Å²) in [6.45, 7) is 0. The van der Waals surface area contributed by atoms with Gasteiger partial charge < -0.3 is 9.57 Å². The highest BCUT2D eigenvalue weighted by molar-refractivity contribution is 6.31. The summed E-state index contributed by atoms with van der Waals surface area (Å²) in [7, 11) is 1.35. The lowest BCUT2D eigenvalue weighted by molar-refractivity contribution is -0.137. The molecule has 0 aliphatic carbocycles. The molecular weight excluding hydrogens is 347 g/mol. The van der Waals surface area contributed by atoms with E-state index in [1.54, 1.807) is 0 Å². The number of hydrogen-bond acceptors (Lipinski definition) is 4. The van der Waals surface area contributed by atoms with Crippen LogP contribution < -0.4 is 4.74 Å². The molecule has 24 heavy (non-hydrogen) atoms. The second kappa shape index (κ2) is 7.35. The minimum absolute atomic E-state index is 0.00579. The Labute approximate surface area is 140 Å². The van der Waals surface area contributed by atoms with Crippen LogP contribution in [0.5, 0.6) is 5.75 Å². The fourth-order valence-corrected chi connectivity index (χ4v) is 2.06. The molecule has 0 aromatic heterocycles. The Kier molecular flexibility index (Phi) is 5.46. The molecule has 0 saturated heterocycles. The summed E-state index contributed by atoms with van der Waals surface area (Å²) in [4.78, 5) is 16.6. The third-order valence-corrected chi connectivity index (χ3v) is 3.21. The number of ether oxygens (including phenoxy) is 1. The van der Waals surface area contributed by atoms with Crippen LogP contribution in [0.4, 0.5) is 13.2 Å². The maximum absolute atomic E-state index is 12.8. The molecule has 0 fully saturated rings. The third kappa shape index (κ3) is 4.26. The highest BCUT2D eigenvalue weighted by atomic mass is 35.5. The molecule has 0 aliphatic heterocycles. The Bertz CT molecular complexity index is 775. The van der Waals surface area contributed by atoms with E-state index in [-0.39, 0.29) is 21.9 Å². The van der Waals surface area contributed by atoms with Gasteiger partial charge in [0.05, 0.1) is 18.9 Å². The van der Waals surface area contributed by atoms with Crippen molar-refractivity contribution in [3.63, 3.8) is 0 Å². The van der Waals surface area contributed by atoms with Gasteiger partial charge in [0.1, 0.15) is 11.3 Å². The van der Waals surface area contributed by atoms with E-state index in [2.05, 4.69) is 9.99 Å². The molecule has 2 rings (SSSR count). The van der Waals surface area contributed by atoms with E-state index in [9.17, 15) is 18.0 Å². The van der Waals surface area contributed by atoms with Gasteiger partial charge in [-0.15, -0.1) is 0 Å². The average Bonchev–Trinajstić information content (AvgIpc) is 2.54. The van der Waals surface area contributed by atoms with Gasteiger partial charge in [-0.3, -0.25) is 0 Å². The Morgan fingerprint density at radius 3 is 2.58 bits per heavy atom. The third-order valence-electron chi connectivity index (χ3n) is 2.98. The SMILES string of the molecule is COc1ccc(Cl)cc1C(=O)O/N=C/c1ccccc1C(F)(F)F. The molecule has 0 bridgehead atoms. The fourth-order valence-electron chi connectivity index (χ4n) is 1.89. The number of benzene rings is 2. The van der Waals surface area contributed by atoms with Gasteiger partial charge >= 0.3 is 12.1 Å². The maximum Gasteiger partial charge on any atom is 0.417 e. The monoisotopic (exact) mass is 357 g/mol. The van der Waals surface area contributed by atoms with Crippen molar-refractivity contribution in [2.24, 2.45) is 5.16 Å². The number of hydrogen-bond donors (Lipinski definition) is 0. The van der Waals surface area contributed by atoms with Gasteiger partial charge in [-0.25, -0.2) is 4.79 Å². The van der Waals surface area contributed by atoms with Gasteiger partial charge in [-0.1, -0.05) is 35.0 Å². The van der Waals surface area contributed by atoms with Crippen LogP contribution in [-0.4, -0.2) is 19.3 Å². The first kappa shape index (κ1) is 17.8. The van der Waals surface area contributed by atoms with Crippen LogP contribution in [-0.2, 0) is 11.0 Å². The van der Waals surface area contributed by atoms with Crippen molar-refractivity contribution in [1.82, 2.24) is 0 Å². The number of carbonyl (C=O) groups excluding carboxylic acids is 1. The van der Waals surface area contributed by atoms with Gasteiger partial charge in [0.15, 0.2) is 0 Å². The molecule has 0 spiro atoms. The normalized spacial score (nSPS) is 11.5. The minimum Gasteiger partial charge on any atom is -0.496 e. The Hall–Kier alpha value is -2.54. The molecule has 4 nitrogen and oxygen atoms in total. The Balaban J connectivity index is 2.19. The highest BCUT2D eigenvalue weighted by Crippen LogP contribution is 2.31. The van der Waals surface area contributed by atoms with E-state index in [1.807, 2.05) is 0 Å². The molecule has 0 heterocycles. The highest BCUT2D eigenvalue weighted by Gasteiger charge is 2.32. The number of oxime groups is 1. The van der Waals surface area contributed by atoms with Crippen LogP contribution in [0.25, 0.3) is 0 Å². The summed E-state index contributed by atoms with van der Waals surface area (Å²) < 4.78 is 43.5. The van der Waals surface area contributed by atoms with Crippen molar-refractivity contribution < 1.29 is 27.5 Å². The van der Waals surface area contributed by atoms with Crippen molar-refractivity contribution in [2.45, 2.75) is 6.18 Å². The summed E-state index contributed by atoms with van der Waals surface area (Å²) in [5.74, 6) is -0.703. The van der Waals surface area contributed by atoms with E-state index in [4.69, 9.17) is 16.3 Å². The molecule has 0 N–H and O–H groups in total. The van der Waals surface area contributed by atoms with Crippen molar-refractivity contribution in [2.75, 3.05) is 7.11 Å². The van der Waals surface area contributed by atoms with E-state index in [0.717, 1.165) is 12.3 Å². The number of carbonyl (C=O) groups is 1. The minimum atomic E-state index is -4.54. The number of nitrogens with zero attached hydrogens (tertiary/aromatic N) is 1. The molecule has 0 unspecified atom stereocenters. The van der Waals surface area contributed by atoms with Crippen LogP contribution in [0.1, 0.15) is 21.5 Å². The molecule has 0 atom stereocenters. The smallest absolute Gasteiger partial charge is 0.417 e. The van der Waals surface area contributed by atoms with Crippen molar-refractivity contribution >= 4 is 23.8 Å². The van der Waals surface area contributed by atoms with Crippen LogP contribution >= 0.6 is 11.6 Å². The van der Waals surface area contributed by atoms with E-state index < -0.39 is 17.7 Å². The molecule has 126 valence electrons. The second-order valence-electron chi connectivity index (χ2n) is 4.54. The summed E-state index contributed by atoms with van der Waals surface area (Å²) in [5.41, 5.74) is -1.10. The first-order valence-corrected chi connectivity index (χ1v) is 6.95. The Morgan fingerprint density at radius 2 is 1.92 bits per heavy atom. The van der Waals surface area contributed by atoms with Crippen molar-refractivity contribution in [1.29, 1.82) is 0 Å². The van der Waals surface area contributed by atoms with Gasteiger partial charge in [-0.2, -0.15) is 13.2 Å². The van der Waals surface area contributed by atoms with Gasteiger partial charge in [-0.05, 0) is 24.3 Å². The Morgan fingerprint density at radius 1 is 1.21 bits per heavy atom. The van der Waals surface area contributed by atoms with E-state index >= 15 is 0 Å². The van der Waals surface area contributed by atoms with Gasteiger partial charge in [0, 0.05) is 10.6 Å². The fraction of sp³-hybridized carbons (Fsp3) is 0.125. The predicted molar refractivity (Wildman–Crippen MR) is 82.5 cm³/mol. The van der Waals surface area contributed by atoms with Crippen molar-refractivity contribution in [3.8, 4) is 5.75 Å². The summed E-state index contributed by atoms with van der Waals surface area (Å²) in [5, 5.41) is 3.60. The lowest BCUT2D eigenvalue weighted by atomic mass is 10.1. The molecular formula is C16H11ClF3NO3. The van der Waals surface area contributed by atoms with E-state index in [0.29, 0.717) is 0 Å². The first-order chi connectivity index (χ1) is 11.3. The van der Waals surface area contributed by atoms with Crippen LogP contribution in [0.2, 0.25) is 5.02 Å². The van der Waals surface area contributed by atoms with Crippen LogP contribution in [0.15, 0.2) is 47.6 Å². The molecule has 8 heteroatoms. The molecule has 0 aliphatic rings. The lowest BCUT2D eigenvalue weighted by Crippen LogP contribution is -2.09. The van der Waals surface area contributed by atoms with Crippen molar-refractivity contribution in [3.05, 3.63) is 64.2 Å². The summed E-state index contributed by atoms with van der Waals surface area (Å²) >= 11 is 5.79. The van der Waals surface area contributed by atoms with Crippen LogP contribution in [0.3, 0.4) is 0 Å². The molecule has 2 aromatic carbocycles. The molecule has 0 amide bonds. The number of alkyl halides is 3. The number of methoxy groups -OCH3 is 1. The van der Waals surface area contributed by atoms with Gasteiger partial charge in [0.2, 0.25) is 0 Å². The largest absolute Gasteiger partial charge is 0.496 e. The first-order valence-electron chi connectivity index (χ1n) is 6.57. The number of halogens is 4. The predicted octanol–water partition coefficient (Wildman–Crippen LogP) is 4.56. The van der Waals surface area contributed by atoms with Gasteiger partial charge in [0.25, 0.3) is 0 Å². The summed E-state index contributed by atoms with van der Waals surface area (Å²) in [6, 6.07) is 9.06. The quantitative estimate of drug-likeness (QED) is 0.458. The van der Waals surface area contributed by atoms with E-state index in [1.165, 1.54) is 43.5 Å².